The van der Waals surface area contributed by atoms with Crippen LogP contribution in [-0.2, 0) is 0 Å². The zero-order chi connectivity index (χ0) is 6.81. The summed E-state index contributed by atoms with van der Waals surface area (Å²) in [5, 5.41) is 0. The molecular weight excluding hydrogens is 120 g/mol. The molecule has 2 rings (SSSR count). The first-order valence-electron chi connectivity index (χ1n) is 4.97. The van der Waals surface area contributed by atoms with Crippen molar-refractivity contribution in [3.63, 3.8) is 0 Å². The molecule has 10 heavy (non-hydrogen) atoms. The zero-order valence-electron chi connectivity index (χ0n) is 6.81. The lowest BCUT2D eigenvalue weighted by Crippen LogP contribution is -2.06. The summed E-state index contributed by atoms with van der Waals surface area (Å²) in [7, 11) is 0. The Hall–Kier alpha value is 0. The van der Waals surface area contributed by atoms with Crippen LogP contribution in [0.25, 0.3) is 0 Å². The highest BCUT2D eigenvalue weighted by atomic mass is 14.3. The van der Waals surface area contributed by atoms with Gasteiger partial charge in [0.25, 0.3) is 0 Å². The topological polar surface area (TPSA) is 0 Å². The molecule has 2 saturated carbocycles. The summed E-state index contributed by atoms with van der Waals surface area (Å²) in [5.41, 5.74) is 0. The van der Waals surface area contributed by atoms with Crippen molar-refractivity contribution >= 4 is 0 Å². The van der Waals surface area contributed by atoms with Crippen LogP contribution >= 0.6 is 0 Å². The Morgan fingerprint density at radius 3 is 1.20 bits per heavy atom. The highest BCUT2D eigenvalue weighted by Gasteiger charge is 2.26. The molecule has 0 unspecified atom stereocenters. The van der Waals surface area contributed by atoms with Crippen LogP contribution in [0.15, 0.2) is 0 Å². The van der Waals surface area contributed by atoms with Gasteiger partial charge in [-0.2, -0.15) is 0 Å². The van der Waals surface area contributed by atoms with Gasteiger partial charge >= 0.3 is 0 Å². The van der Waals surface area contributed by atoms with E-state index in [4.69, 9.17) is 0 Å². The molecule has 60 valence electrons. The summed E-state index contributed by atoms with van der Waals surface area (Å²) in [4.78, 5) is 0. The van der Waals surface area contributed by atoms with Crippen molar-refractivity contribution in [3.8, 4) is 0 Å². The van der Waals surface area contributed by atoms with E-state index < -0.39 is 0 Å². The van der Waals surface area contributed by atoms with E-state index in [1.165, 1.54) is 25.7 Å². The van der Waals surface area contributed by atoms with Crippen LogP contribution in [0.3, 0.4) is 0 Å². The lowest BCUT2D eigenvalue weighted by Gasteiger charge is -2.16. The van der Waals surface area contributed by atoms with Gasteiger partial charge in [0.2, 0.25) is 0 Å². The third kappa shape index (κ3) is 1.21. The normalized spacial score (nSPS) is 30.0. The van der Waals surface area contributed by atoms with Crippen LogP contribution in [0.4, 0.5) is 0 Å². The van der Waals surface area contributed by atoms with E-state index in [-0.39, 0.29) is 1.43 Å². The van der Waals surface area contributed by atoms with Crippen LogP contribution in [0, 0.1) is 11.8 Å². The fourth-order valence-corrected chi connectivity index (χ4v) is 2.86. The monoisotopic (exact) mass is 140 g/mol. The third-order valence-electron chi connectivity index (χ3n) is 3.47. The summed E-state index contributed by atoms with van der Waals surface area (Å²) < 4.78 is 0. The van der Waals surface area contributed by atoms with Gasteiger partial charge in [-0.05, 0) is 11.8 Å². The van der Waals surface area contributed by atoms with Gasteiger partial charge in [0.1, 0.15) is 0 Å². The molecule has 0 aromatic carbocycles. The lowest BCUT2D eigenvalue weighted by molar-refractivity contribution is 0.347. The third-order valence-corrected chi connectivity index (χ3v) is 3.47. The summed E-state index contributed by atoms with van der Waals surface area (Å²) in [6.45, 7) is 0. The van der Waals surface area contributed by atoms with E-state index in [0.717, 1.165) is 11.8 Å². The van der Waals surface area contributed by atoms with Crippen molar-refractivity contribution in [1.82, 2.24) is 0 Å². The van der Waals surface area contributed by atoms with Gasteiger partial charge in [-0.25, -0.2) is 0 Å². The van der Waals surface area contributed by atoms with Crippen molar-refractivity contribution < 1.29 is 1.43 Å². The van der Waals surface area contributed by atoms with Crippen LogP contribution in [0.1, 0.15) is 52.8 Å². The Kier molecular flexibility index (Phi) is 1.97. The van der Waals surface area contributed by atoms with Crippen molar-refractivity contribution in [2.75, 3.05) is 0 Å². The van der Waals surface area contributed by atoms with Gasteiger partial charge in [0.05, 0.1) is 0 Å². The standard InChI is InChI=1S/C10H18.H2/c1-2-6-9(5-1)10-7-3-4-8-10;/h9-10H,1-8H2;1H. The van der Waals surface area contributed by atoms with Gasteiger partial charge < -0.3 is 0 Å². The molecule has 0 aromatic heterocycles. The summed E-state index contributed by atoms with van der Waals surface area (Å²) >= 11 is 0. The molecule has 2 fully saturated rings. The van der Waals surface area contributed by atoms with Crippen LogP contribution in [0.5, 0.6) is 0 Å². The second-order valence-corrected chi connectivity index (χ2v) is 4.09. The Morgan fingerprint density at radius 1 is 0.600 bits per heavy atom. The Balaban J connectivity index is 0.000000605. The summed E-state index contributed by atoms with van der Waals surface area (Å²) in [6.07, 6.45) is 12.4. The number of rotatable bonds is 1. The molecule has 0 bridgehead atoms. The van der Waals surface area contributed by atoms with E-state index in [1.807, 2.05) is 0 Å². The summed E-state index contributed by atoms with van der Waals surface area (Å²) in [5.74, 6) is 2.31. The average molecular weight is 140 g/mol. The minimum absolute atomic E-state index is 0. The van der Waals surface area contributed by atoms with Gasteiger partial charge in [-0.3, -0.25) is 0 Å². The second-order valence-electron chi connectivity index (χ2n) is 4.09. The minimum atomic E-state index is 0. The smallest absolute Gasteiger partial charge is 0 e. The molecule has 0 aliphatic heterocycles. The first-order chi connectivity index (χ1) is 4.97. The van der Waals surface area contributed by atoms with Crippen LogP contribution in [-0.4, -0.2) is 0 Å². The Bertz CT molecular complexity index is 85.4. The van der Waals surface area contributed by atoms with E-state index in [9.17, 15) is 0 Å². The van der Waals surface area contributed by atoms with Gasteiger partial charge in [0.15, 0.2) is 0 Å². The molecule has 0 spiro atoms. The van der Waals surface area contributed by atoms with Gasteiger partial charge in [-0.15, -0.1) is 0 Å². The SMILES string of the molecule is C1CCC(C2CCCC2)C1.[HH]. The van der Waals surface area contributed by atoms with E-state index >= 15 is 0 Å². The highest BCUT2D eigenvalue weighted by molar-refractivity contribution is 4.78. The van der Waals surface area contributed by atoms with E-state index in [2.05, 4.69) is 0 Å². The first kappa shape index (κ1) is 6.69. The van der Waals surface area contributed by atoms with Gasteiger partial charge in [-0.1, -0.05) is 51.4 Å². The lowest BCUT2D eigenvalue weighted by atomic mass is 9.90. The molecule has 0 heterocycles. The maximum absolute atomic E-state index is 1.56. The fraction of sp³-hybridized carbons (Fsp3) is 1.00. The van der Waals surface area contributed by atoms with Crippen molar-refractivity contribution in [3.05, 3.63) is 0 Å². The Labute approximate surface area is 65.5 Å². The summed E-state index contributed by atoms with van der Waals surface area (Å²) in [6, 6.07) is 0. The largest absolute Gasteiger partial charge is 0.0530 e. The van der Waals surface area contributed by atoms with Crippen molar-refractivity contribution in [1.29, 1.82) is 0 Å². The molecule has 0 N–H and O–H groups in total. The van der Waals surface area contributed by atoms with E-state index in [1.54, 1.807) is 25.7 Å². The van der Waals surface area contributed by atoms with Crippen molar-refractivity contribution in [2.24, 2.45) is 11.8 Å². The molecule has 0 atom stereocenters. The molecule has 0 aromatic rings. The first-order valence-corrected chi connectivity index (χ1v) is 4.97. The Morgan fingerprint density at radius 2 is 0.900 bits per heavy atom. The average Bonchev–Trinajstić information content (AvgIpc) is 2.59. The fourth-order valence-electron chi connectivity index (χ4n) is 2.86. The predicted molar refractivity (Wildman–Crippen MR) is 46.0 cm³/mol. The molecule has 0 radical (unpaired) electrons. The molecule has 0 nitrogen and oxygen atoms in total. The maximum atomic E-state index is 1.56. The second kappa shape index (κ2) is 2.94. The molecular formula is C10H20. The zero-order valence-corrected chi connectivity index (χ0v) is 6.81. The van der Waals surface area contributed by atoms with Gasteiger partial charge in [0, 0.05) is 1.43 Å². The minimum Gasteiger partial charge on any atom is -0.0530 e. The molecule has 0 heteroatoms. The number of hydrogen-bond donors (Lipinski definition) is 0. The molecule has 0 amide bonds. The van der Waals surface area contributed by atoms with Crippen LogP contribution in [0.2, 0.25) is 0 Å². The predicted octanol–water partition coefficient (Wildman–Crippen LogP) is 3.61. The molecule has 2 aliphatic carbocycles. The molecule has 2 aliphatic rings. The highest BCUT2D eigenvalue weighted by Crippen LogP contribution is 2.39. The molecule has 0 saturated heterocycles. The van der Waals surface area contributed by atoms with Crippen LogP contribution < -0.4 is 0 Å². The van der Waals surface area contributed by atoms with E-state index in [0.29, 0.717) is 0 Å². The number of hydrogen-bond acceptors (Lipinski definition) is 0. The van der Waals surface area contributed by atoms with Crippen molar-refractivity contribution in [2.45, 2.75) is 51.4 Å². The quantitative estimate of drug-likeness (QED) is 0.522. The maximum Gasteiger partial charge on any atom is 0 e.